The molecule has 106 valence electrons. The molecule has 1 fully saturated rings. The molecule has 1 aromatic rings. The van der Waals surface area contributed by atoms with Crippen molar-refractivity contribution in [2.75, 3.05) is 26.2 Å². The average Bonchev–Trinajstić information content (AvgIpc) is 2.46. The standard InChI is InChI=1S/C15H20N4O/c1-12-8-13(10-17-9-12)14(20)18-4-6-19(7-5-18)15(2,3)11-16/h8-10H,4-7H2,1-3H3. The molecule has 0 atom stereocenters. The molecule has 1 aliphatic heterocycles. The first-order valence-corrected chi connectivity index (χ1v) is 6.81. The molecule has 0 aliphatic carbocycles. The van der Waals surface area contributed by atoms with E-state index in [1.165, 1.54) is 0 Å². The summed E-state index contributed by atoms with van der Waals surface area (Å²) in [6.45, 7) is 8.51. The zero-order valence-corrected chi connectivity index (χ0v) is 12.3. The largest absolute Gasteiger partial charge is 0.336 e. The van der Waals surface area contributed by atoms with Crippen LogP contribution in [0.3, 0.4) is 0 Å². The van der Waals surface area contributed by atoms with E-state index < -0.39 is 5.54 Å². The van der Waals surface area contributed by atoms with Crippen LogP contribution in [0.15, 0.2) is 18.5 Å². The minimum absolute atomic E-state index is 0.0237. The van der Waals surface area contributed by atoms with Gasteiger partial charge in [0.1, 0.15) is 5.54 Å². The lowest BCUT2D eigenvalue weighted by molar-refractivity contribution is 0.0520. The minimum Gasteiger partial charge on any atom is -0.336 e. The molecule has 0 spiro atoms. The molecule has 0 aromatic carbocycles. The van der Waals surface area contributed by atoms with Gasteiger partial charge in [0.05, 0.1) is 11.6 Å². The number of hydrogen-bond acceptors (Lipinski definition) is 4. The molecule has 5 heteroatoms. The fourth-order valence-electron chi connectivity index (χ4n) is 2.39. The second kappa shape index (κ2) is 5.59. The Bertz CT molecular complexity index is 539. The number of carbonyl (C=O) groups is 1. The Morgan fingerprint density at radius 2 is 1.95 bits per heavy atom. The van der Waals surface area contributed by atoms with Crippen molar-refractivity contribution in [3.05, 3.63) is 29.6 Å². The normalized spacial score (nSPS) is 16.8. The third-order valence-corrected chi connectivity index (χ3v) is 3.75. The second-order valence-corrected chi connectivity index (χ2v) is 5.70. The Hall–Kier alpha value is -1.93. The summed E-state index contributed by atoms with van der Waals surface area (Å²) in [6.07, 6.45) is 3.35. The van der Waals surface area contributed by atoms with E-state index in [0.717, 1.165) is 18.7 Å². The quantitative estimate of drug-likeness (QED) is 0.817. The third-order valence-electron chi connectivity index (χ3n) is 3.75. The Kier molecular flexibility index (Phi) is 4.05. The maximum Gasteiger partial charge on any atom is 0.255 e. The van der Waals surface area contributed by atoms with Gasteiger partial charge < -0.3 is 4.90 Å². The SMILES string of the molecule is Cc1cncc(C(=O)N2CCN(C(C)(C)C#N)CC2)c1. The molecule has 2 heterocycles. The summed E-state index contributed by atoms with van der Waals surface area (Å²) in [4.78, 5) is 20.4. The van der Waals surface area contributed by atoms with E-state index in [2.05, 4.69) is 16.0 Å². The van der Waals surface area contributed by atoms with Crippen LogP contribution in [0.2, 0.25) is 0 Å². The maximum absolute atomic E-state index is 12.4. The van der Waals surface area contributed by atoms with Gasteiger partial charge in [0.2, 0.25) is 0 Å². The molecule has 1 saturated heterocycles. The summed E-state index contributed by atoms with van der Waals surface area (Å²) < 4.78 is 0. The Balaban J connectivity index is 2.01. The number of pyridine rings is 1. The van der Waals surface area contributed by atoms with E-state index >= 15 is 0 Å². The summed E-state index contributed by atoms with van der Waals surface area (Å²) in [7, 11) is 0. The van der Waals surface area contributed by atoms with Crippen LogP contribution in [-0.4, -0.2) is 52.4 Å². The molecule has 20 heavy (non-hydrogen) atoms. The lowest BCUT2D eigenvalue weighted by atomic mass is 10.0. The predicted octanol–water partition coefficient (Wildman–Crippen LogP) is 1.45. The van der Waals surface area contributed by atoms with Crippen molar-refractivity contribution in [1.29, 1.82) is 5.26 Å². The Labute approximate surface area is 119 Å². The highest BCUT2D eigenvalue weighted by Crippen LogP contribution is 2.17. The molecule has 5 nitrogen and oxygen atoms in total. The van der Waals surface area contributed by atoms with E-state index in [1.54, 1.807) is 12.4 Å². The summed E-state index contributed by atoms with van der Waals surface area (Å²) in [5.41, 5.74) is 1.15. The number of nitriles is 1. The number of aryl methyl sites for hydroxylation is 1. The Morgan fingerprint density at radius 3 is 2.50 bits per heavy atom. The van der Waals surface area contributed by atoms with Crippen LogP contribution in [0.4, 0.5) is 0 Å². The first-order valence-electron chi connectivity index (χ1n) is 6.81. The first-order chi connectivity index (χ1) is 9.44. The summed E-state index contributed by atoms with van der Waals surface area (Å²) >= 11 is 0. The van der Waals surface area contributed by atoms with Gasteiger partial charge in [-0.25, -0.2) is 0 Å². The molecule has 0 saturated carbocycles. The van der Waals surface area contributed by atoms with Crippen molar-refractivity contribution in [2.45, 2.75) is 26.3 Å². The summed E-state index contributed by atoms with van der Waals surface area (Å²) in [5.74, 6) is 0.0237. The van der Waals surface area contributed by atoms with Crippen LogP contribution in [0, 0.1) is 18.3 Å². The van der Waals surface area contributed by atoms with Crippen molar-refractivity contribution in [2.24, 2.45) is 0 Å². The molecule has 1 amide bonds. The van der Waals surface area contributed by atoms with E-state index in [-0.39, 0.29) is 5.91 Å². The zero-order valence-electron chi connectivity index (χ0n) is 12.3. The van der Waals surface area contributed by atoms with Crippen LogP contribution < -0.4 is 0 Å². The third kappa shape index (κ3) is 2.97. The fourth-order valence-corrected chi connectivity index (χ4v) is 2.39. The lowest BCUT2D eigenvalue weighted by Gasteiger charge is -2.40. The molecule has 2 rings (SSSR count). The van der Waals surface area contributed by atoms with E-state index in [0.29, 0.717) is 18.7 Å². The molecule has 1 aromatic heterocycles. The van der Waals surface area contributed by atoms with E-state index in [4.69, 9.17) is 5.26 Å². The van der Waals surface area contributed by atoms with Crippen molar-refractivity contribution in [3.8, 4) is 6.07 Å². The monoisotopic (exact) mass is 272 g/mol. The highest BCUT2D eigenvalue weighted by atomic mass is 16.2. The van der Waals surface area contributed by atoms with Gasteiger partial charge in [0.15, 0.2) is 0 Å². The highest BCUT2D eigenvalue weighted by molar-refractivity contribution is 5.94. The van der Waals surface area contributed by atoms with Gasteiger partial charge in [0, 0.05) is 38.6 Å². The van der Waals surface area contributed by atoms with Gasteiger partial charge in [-0.15, -0.1) is 0 Å². The van der Waals surface area contributed by atoms with Crippen molar-refractivity contribution in [1.82, 2.24) is 14.8 Å². The van der Waals surface area contributed by atoms with Crippen molar-refractivity contribution >= 4 is 5.91 Å². The topological polar surface area (TPSA) is 60.2 Å². The van der Waals surface area contributed by atoms with Gasteiger partial charge in [-0.3, -0.25) is 14.7 Å². The van der Waals surface area contributed by atoms with Crippen LogP contribution in [0.25, 0.3) is 0 Å². The van der Waals surface area contributed by atoms with Crippen LogP contribution >= 0.6 is 0 Å². The van der Waals surface area contributed by atoms with Gasteiger partial charge in [0.25, 0.3) is 5.91 Å². The summed E-state index contributed by atoms with van der Waals surface area (Å²) in [6, 6.07) is 4.17. The number of hydrogen-bond donors (Lipinski definition) is 0. The smallest absolute Gasteiger partial charge is 0.255 e. The maximum atomic E-state index is 12.4. The van der Waals surface area contributed by atoms with E-state index in [9.17, 15) is 4.79 Å². The van der Waals surface area contributed by atoms with E-state index in [1.807, 2.05) is 31.7 Å². The number of rotatable bonds is 2. The van der Waals surface area contributed by atoms with Gasteiger partial charge >= 0.3 is 0 Å². The first kappa shape index (κ1) is 14.5. The number of piperazine rings is 1. The van der Waals surface area contributed by atoms with Crippen molar-refractivity contribution < 1.29 is 4.79 Å². The predicted molar refractivity (Wildman–Crippen MR) is 76.1 cm³/mol. The molecule has 0 N–H and O–H groups in total. The van der Waals surface area contributed by atoms with Gasteiger partial charge in [-0.1, -0.05) is 0 Å². The minimum atomic E-state index is -0.472. The number of nitrogens with zero attached hydrogens (tertiary/aromatic N) is 4. The molecule has 1 aliphatic rings. The van der Waals surface area contributed by atoms with Crippen LogP contribution in [-0.2, 0) is 0 Å². The van der Waals surface area contributed by atoms with Crippen LogP contribution in [0.1, 0.15) is 29.8 Å². The molecular weight excluding hydrogens is 252 g/mol. The lowest BCUT2D eigenvalue weighted by Crippen LogP contribution is -2.55. The number of aromatic nitrogens is 1. The van der Waals surface area contributed by atoms with Crippen molar-refractivity contribution in [3.63, 3.8) is 0 Å². The van der Waals surface area contributed by atoms with Crippen LogP contribution in [0.5, 0.6) is 0 Å². The summed E-state index contributed by atoms with van der Waals surface area (Å²) in [5, 5.41) is 9.15. The fraction of sp³-hybridized carbons (Fsp3) is 0.533. The second-order valence-electron chi connectivity index (χ2n) is 5.70. The highest BCUT2D eigenvalue weighted by Gasteiger charge is 2.31. The Morgan fingerprint density at radius 1 is 1.30 bits per heavy atom. The molecule has 0 radical (unpaired) electrons. The van der Waals surface area contributed by atoms with Gasteiger partial charge in [-0.2, -0.15) is 5.26 Å². The molecular formula is C15H20N4O. The number of carbonyl (C=O) groups excluding carboxylic acids is 1. The molecule has 0 unspecified atom stereocenters. The average molecular weight is 272 g/mol. The van der Waals surface area contributed by atoms with Gasteiger partial charge in [-0.05, 0) is 32.4 Å². The molecule has 0 bridgehead atoms. The number of amides is 1. The zero-order chi connectivity index (χ0) is 14.8.